The Kier molecular flexibility index (Phi) is 3.37. The lowest BCUT2D eigenvalue weighted by molar-refractivity contribution is -0.385. The minimum Gasteiger partial charge on any atom is -0.299 e. The normalized spacial score (nSPS) is 11.2. The van der Waals surface area contributed by atoms with Crippen LogP contribution in [0.5, 0.6) is 0 Å². The minimum absolute atomic E-state index is 0.0143. The molecule has 0 fully saturated rings. The molecule has 5 heteroatoms. The van der Waals surface area contributed by atoms with Crippen molar-refractivity contribution in [2.24, 2.45) is 5.41 Å². The Morgan fingerprint density at radius 2 is 2.12 bits per heavy atom. The van der Waals surface area contributed by atoms with Crippen molar-refractivity contribution < 1.29 is 9.72 Å². The van der Waals surface area contributed by atoms with Crippen molar-refractivity contribution in [2.45, 2.75) is 27.2 Å². The summed E-state index contributed by atoms with van der Waals surface area (Å²) in [5.41, 5.74) is -0.0485. The maximum absolute atomic E-state index is 11.7. The van der Waals surface area contributed by atoms with Crippen LogP contribution in [-0.4, -0.2) is 15.7 Å². The van der Waals surface area contributed by atoms with E-state index in [0.29, 0.717) is 5.69 Å². The summed E-state index contributed by atoms with van der Waals surface area (Å²) >= 11 is 0. The molecule has 0 N–H and O–H groups in total. The zero-order chi connectivity index (χ0) is 12.3. The van der Waals surface area contributed by atoms with Crippen LogP contribution in [0.4, 0.5) is 5.69 Å². The number of pyridine rings is 1. The molecule has 16 heavy (non-hydrogen) atoms. The summed E-state index contributed by atoms with van der Waals surface area (Å²) in [4.78, 5) is 25.7. The van der Waals surface area contributed by atoms with Crippen molar-refractivity contribution in [3.05, 3.63) is 34.1 Å². The zero-order valence-electron chi connectivity index (χ0n) is 9.56. The van der Waals surface area contributed by atoms with Crippen molar-refractivity contribution >= 4 is 11.5 Å². The number of ketones is 1. The fraction of sp³-hybridized carbons (Fsp3) is 0.455. The Labute approximate surface area is 93.7 Å². The van der Waals surface area contributed by atoms with Gasteiger partial charge in [-0.15, -0.1) is 0 Å². The van der Waals surface area contributed by atoms with Crippen molar-refractivity contribution in [3.63, 3.8) is 0 Å². The number of carbonyl (C=O) groups is 1. The van der Waals surface area contributed by atoms with Crippen LogP contribution < -0.4 is 0 Å². The van der Waals surface area contributed by atoms with Crippen molar-refractivity contribution in [1.29, 1.82) is 0 Å². The largest absolute Gasteiger partial charge is 0.299 e. The third kappa shape index (κ3) is 3.12. The van der Waals surface area contributed by atoms with E-state index in [1.54, 1.807) is 0 Å². The molecule has 0 bridgehead atoms. The second-order valence-corrected chi connectivity index (χ2v) is 4.61. The van der Waals surface area contributed by atoms with E-state index in [0.717, 1.165) is 0 Å². The number of rotatable bonds is 3. The lowest BCUT2D eigenvalue weighted by Gasteiger charge is -2.15. The van der Waals surface area contributed by atoms with Gasteiger partial charge in [0.2, 0.25) is 0 Å². The van der Waals surface area contributed by atoms with Gasteiger partial charge in [0, 0.05) is 30.2 Å². The highest BCUT2D eigenvalue weighted by Crippen LogP contribution is 2.18. The Hall–Kier alpha value is -1.78. The quantitative estimate of drug-likeness (QED) is 0.580. The summed E-state index contributed by atoms with van der Waals surface area (Å²) in [6.45, 7) is 5.44. The average molecular weight is 222 g/mol. The van der Waals surface area contributed by atoms with Crippen molar-refractivity contribution in [3.8, 4) is 0 Å². The number of hydrogen-bond donors (Lipinski definition) is 0. The van der Waals surface area contributed by atoms with Gasteiger partial charge in [0.25, 0.3) is 5.69 Å². The molecule has 0 atom stereocenters. The number of hydrogen-bond acceptors (Lipinski definition) is 4. The summed E-state index contributed by atoms with van der Waals surface area (Å²) in [5, 5.41) is 10.5. The predicted molar refractivity (Wildman–Crippen MR) is 59.1 cm³/mol. The van der Waals surface area contributed by atoms with Gasteiger partial charge in [-0.05, 0) is 0 Å². The first kappa shape index (κ1) is 12.3. The maximum atomic E-state index is 11.7. The molecule has 0 aliphatic rings. The summed E-state index contributed by atoms with van der Waals surface area (Å²) in [7, 11) is 0. The molecule has 0 unspecified atom stereocenters. The summed E-state index contributed by atoms with van der Waals surface area (Å²) in [6.07, 6.45) is 1.48. The van der Waals surface area contributed by atoms with Crippen LogP contribution in [0.1, 0.15) is 26.5 Å². The molecular weight excluding hydrogens is 208 g/mol. The predicted octanol–water partition coefficient (Wildman–Crippen LogP) is 2.15. The van der Waals surface area contributed by atoms with E-state index in [2.05, 4.69) is 4.98 Å². The van der Waals surface area contributed by atoms with Crippen LogP contribution in [0, 0.1) is 15.5 Å². The second-order valence-electron chi connectivity index (χ2n) is 4.61. The lowest BCUT2D eigenvalue weighted by Crippen LogP contribution is -2.22. The van der Waals surface area contributed by atoms with Gasteiger partial charge in [-0.2, -0.15) is 0 Å². The van der Waals surface area contributed by atoms with Gasteiger partial charge in [0.15, 0.2) is 0 Å². The number of Topliss-reactive ketones (excluding diaryl/α,β-unsaturated/α-hetero) is 1. The molecule has 86 valence electrons. The van der Waals surface area contributed by atoms with Crippen LogP contribution in [-0.2, 0) is 11.2 Å². The molecule has 1 rings (SSSR count). The Morgan fingerprint density at radius 3 is 2.62 bits per heavy atom. The first-order chi connectivity index (χ1) is 7.30. The smallest absolute Gasteiger partial charge is 0.272 e. The van der Waals surface area contributed by atoms with Gasteiger partial charge in [0.1, 0.15) is 5.78 Å². The molecule has 0 aromatic carbocycles. The third-order valence-electron chi connectivity index (χ3n) is 2.19. The van der Waals surface area contributed by atoms with Crippen LogP contribution in [0.15, 0.2) is 18.3 Å². The van der Waals surface area contributed by atoms with Gasteiger partial charge in [-0.3, -0.25) is 19.9 Å². The van der Waals surface area contributed by atoms with Crippen LogP contribution in [0.2, 0.25) is 0 Å². The second kappa shape index (κ2) is 4.38. The molecular formula is C11H14N2O3. The van der Waals surface area contributed by atoms with Gasteiger partial charge >= 0.3 is 0 Å². The highest BCUT2D eigenvalue weighted by Gasteiger charge is 2.22. The molecule has 1 aromatic rings. The average Bonchev–Trinajstić information content (AvgIpc) is 2.16. The minimum atomic E-state index is -0.493. The SMILES string of the molecule is CC(C)(C)C(=O)Cc1cc([N+](=O)[O-])ccn1. The number of aromatic nitrogens is 1. The molecule has 1 aromatic heterocycles. The topological polar surface area (TPSA) is 73.1 Å². The van der Waals surface area contributed by atoms with Crippen LogP contribution in [0.25, 0.3) is 0 Å². The van der Waals surface area contributed by atoms with Crippen LogP contribution in [0.3, 0.4) is 0 Å². The van der Waals surface area contributed by atoms with Crippen LogP contribution >= 0.6 is 0 Å². The van der Waals surface area contributed by atoms with E-state index in [1.807, 2.05) is 20.8 Å². The van der Waals surface area contributed by atoms with Gasteiger partial charge < -0.3 is 0 Å². The number of carbonyl (C=O) groups excluding carboxylic acids is 1. The van der Waals surface area contributed by atoms with Gasteiger partial charge in [-0.1, -0.05) is 20.8 Å². The fourth-order valence-corrected chi connectivity index (χ4v) is 1.11. The summed E-state index contributed by atoms with van der Waals surface area (Å²) < 4.78 is 0. The van der Waals surface area contributed by atoms with E-state index >= 15 is 0 Å². The third-order valence-corrected chi connectivity index (χ3v) is 2.19. The molecule has 0 aliphatic heterocycles. The summed E-state index contributed by atoms with van der Waals surface area (Å²) in [5.74, 6) is 0.0143. The highest BCUT2D eigenvalue weighted by molar-refractivity contribution is 5.85. The van der Waals surface area contributed by atoms with E-state index in [9.17, 15) is 14.9 Å². The van der Waals surface area contributed by atoms with E-state index < -0.39 is 10.3 Å². The lowest BCUT2D eigenvalue weighted by atomic mass is 9.88. The summed E-state index contributed by atoms with van der Waals surface area (Å²) in [6, 6.07) is 2.65. The molecule has 0 spiro atoms. The van der Waals surface area contributed by atoms with E-state index in [-0.39, 0.29) is 17.9 Å². The first-order valence-corrected chi connectivity index (χ1v) is 4.93. The van der Waals surface area contributed by atoms with E-state index in [1.165, 1.54) is 18.3 Å². The maximum Gasteiger partial charge on any atom is 0.272 e. The monoisotopic (exact) mass is 222 g/mol. The fourth-order valence-electron chi connectivity index (χ4n) is 1.11. The van der Waals surface area contributed by atoms with Gasteiger partial charge in [-0.25, -0.2) is 0 Å². The molecule has 0 radical (unpaired) electrons. The first-order valence-electron chi connectivity index (χ1n) is 4.93. The number of nitro groups is 1. The van der Waals surface area contributed by atoms with Crippen molar-refractivity contribution in [2.75, 3.05) is 0 Å². The zero-order valence-corrected chi connectivity index (χ0v) is 9.56. The van der Waals surface area contributed by atoms with Gasteiger partial charge in [0.05, 0.1) is 10.6 Å². The molecule has 0 aliphatic carbocycles. The van der Waals surface area contributed by atoms with Crippen molar-refractivity contribution in [1.82, 2.24) is 4.98 Å². The Bertz CT molecular complexity index is 421. The Balaban J connectivity index is 2.87. The van der Waals surface area contributed by atoms with E-state index in [4.69, 9.17) is 0 Å². The molecule has 0 saturated heterocycles. The molecule has 1 heterocycles. The highest BCUT2D eigenvalue weighted by atomic mass is 16.6. The molecule has 0 amide bonds. The molecule has 0 saturated carbocycles. The standard InChI is InChI=1S/C11H14N2O3/c1-11(2,3)10(14)7-8-6-9(13(15)16)4-5-12-8/h4-6H,7H2,1-3H3. The molecule has 5 nitrogen and oxygen atoms in total. The number of nitrogens with zero attached hydrogens (tertiary/aromatic N) is 2. The Morgan fingerprint density at radius 1 is 1.50 bits per heavy atom.